The van der Waals surface area contributed by atoms with Gasteiger partial charge < -0.3 is 18.0 Å². The number of furan rings is 2. The van der Waals surface area contributed by atoms with E-state index in [1.165, 1.54) is 12.1 Å². The van der Waals surface area contributed by atoms with Gasteiger partial charge in [-0.2, -0.15) is 5.26 Å². The van der Waals surface area contributed by atoms with Gasteiger partial charge in [-0.1, -0.05) is 84.9 Å². The highest BCUT2D eigenvalue weighted by molar-refractivity contribution is 6.23. The van der Waals surface area contributed by atoms with E-state index in [0.717, 1.165) is 82.4 Å². The van der Waals surface area contributed by atoms with Crippen LogP contribution in [-0.4, -0.2) is 9.13 Å². The van der Waals surface area contributed by atoms with Crippen LogP contribution in [0.3, 0.4) is 0 Å². The van der Waals surface area contributed by atoms with Crippen LogP contribution in [0.4, 0.5) is 8.78 Å². The van der Waals surface area contributed by atoms with Crippen LogP contribution >= 0.6 is 0 Å². The Bertz CT molecular complexity index is 3690. The molecule has 0 spiro atoms. The first-order valence-corrected chi connectivity index (χ1v) is 18.3. The second-order valence-corrected chi connectivity index (χ2v) is 14.2. The lowest BCUT2D eigenvalue weighted by Crippen LogP contribution is -2.06. The Morgan fingerprint density at radius 3 is 1.41 bits per heavy atom. The fourth-order valence-electron chi connectivity index (χ4n) is 8.94. The van der Waals surface area contributed by atoms with Gasteiger partial charge in [-0.05, 0) is 66.2 Å². The molecule has 0 saturated carbocycles. The van der Waals surface area contributed by atoms with E-state index >= 15 is 0 Å². The molecule has 0 aliphatic carbocycles. The zero-order valence-corrected chi connectivity index (χ0v) is 29.3. The highest BCUT2D eigenvalue weighted by atomic mass is 19.1. The van der Waals surface area contributed by atoms with Gasteiger partial charge in [0.05, 0.1) is 45.1 Å². The van der Waals surface area contributed by atoms with E-state index in [0.29, 0.717) is 28.1 Å². The molecule has 4 aromatic heterocycles. The molecule has 0 radical (unpaired) electrons. The van der Waals surface area contributed by atoms with E-state index in [1.54, 1.807) is 0 Å². The van der Waals surface area contributed by atoms with Crippen molar-refractivity contribution in [2.45, 2.75) is 0 Å². The number of nitriles is 1. The minimum atomic E-state index is -0.731. The van der Waals surface area contributed by atoms with Gasteiger partial charge in [0.15, 0.2) is 11.2 Å². The Labute approximate surface area is 316 Å². The predicted molar refractivity (Wildman–Crippen MR) is 220 cm³/mol. The summed E-state index contributed by atoms with van der Waals surface area (Å²) in [4.78, 5) is 0. The SMILES string of the molecule is N#Cc1cc(-n2c3ccccc3c3ccc4c5ccccc5oc4c32)c(-n2c3ccccc3c3ccc4c5ccccc5oc4c32)cc1-c1cc(F)cc(F)c1. The van der Waals surface area contributed by atoms with Crippen LogP contribution in [0, 0.1) is 23.0 Å². The van der Waals surface area contributed by atoms with Crippen LogP contribution in [0.25, 0.3) is 110 Å². The second-order valence-electron chi connectivity index (χ2n) is 14.2. The average Bonchev–Trinajstić information content (AvgIpc) is 3.98. The fraction of sp³-hybridized carbons (Fsp3) is 0. The van der Waals surface area contributed by atoms with Crippen molar-refractivity contribution in [1.82, 2.24) is 9.13 Å². The van der Waals surface area contributed by atoms with E-state index in [-0.39, 0.29) is 11.1 Å². The summed E-state index contributed by atoms with van der Waals surface area (Å²) in [6.07, 6.45) is 0. The third kappa shape index (κ3) is 4.10. The van der Waals surface area contributed by atoms with Gasteiger partial charge in [-0.15, -0.1) is 0 Å². The lowest BCUT2D eigenvalue weighted by Gasteiger charge is -2.19. The third-order valence-electron chi connectivity index (χ3n) is 11.2. The van der Waals surface area contributed by atoms with Crippen molar-refractivity contribution in [2.24, 2.45) is 0 Å². The Kier molecular flexibility index (Phi) is 6.13. The lowest BCUT2D eigenvalue weighted by atomic mass is 9.97. The Hall–Kier alpha value is -7.69. The van der Waals surface area contributed by atoms with E-state index in [4.69, 9.17) is 8.83 Å². The number of halogens is 2. The molecule has 0 aliphatic heterocycles. The van der Waals surface area contributed by atoms with Crippen LogP contribution in [0.15, 0.2) is 160 Å². The molecule has 12 aromatic rings. The number of para-hydroxylation sites is 4. The van der Waals surface area contributed by atoms with Gasteiger partial charge in [-0.3, -0.25) is 0 Å². The summed E-state index contributed by atoms with van der Waals surface area (Å²) in [6.45, 7) is 0. The first-order chi connectivity index (χ1) is 27.6. The minimum absolute atomic E-state index is 0.253. The molecule has 0 atom stereocenters. The van der Waals surface area contributed by atoms with Crippen molar-refractivity contribution in [1.29, 1.82) is 5.26 Å². The van der Waals surface area contributed by atoms with Gasteiger partial charge in [0, 0.05) is 54.7 Å². The van der Waals surface area contributed by atoms with Crippen LogP contribution in [0.1, 0.15) is 5.56 Å². The molecule has 5 nitrogen and oxygen atoms in total. The number of hydrogen-bond donors (Lipinski definition) is 0. The van der Waals surface area contributed by atoms with Crippen molar-refractivity contribution in [2.75, 3.05) is 0 Å². The number of rotatable bonds is 3. The molecule has 0 aliphatic rings. The normalized spacial score (nSPS) is 12.1. The summed E-state index contributed by atoms with van der Waals surface area (Å²) in [5, 5.41) is 18.7. The zero-order valence-electron chi connectivity index (χ0n) is 29.3. The molecular weight excluding hydrogens is 701 g/mol. The number of fused-ring (bicyclic) bond motifs is 14. The minimum Gasteiger partial charge on any atom is -0.454 e. The molecule has 0 bridgehead atoms. The van der Waals surface area contributed by atoms with Crippen LogP contribution in [0.5, 0.6) is 0 Å². The first kappa shape index (κ1) is 30.7. The standard InChI is InChI=1S/C49H25F2N3O2/c50-29-21-27(22-30(51)24-29)39-25-43(54-41-14-6-2-10-32(41)36-18-20-38-34-12-4-8-16-45(34)56-49(38)47(36)54)42(23-28(39)26-52)53-40-13-5-1-9-31(40)35-17-19-37-33-11-3-7-15-44(33)55-48(37)46(35)53/h1-25H. The summed E-state index contributed by atoms with van der Waals surface area (Å²) < 4.78 is 47.7. The predicted octanol–water partition coefficient (Wildman–Crippen LogP) is 13.5. The number of hydrogen-bond acceptors (Lipinski definition) is 3. The molecule has 8 aromatic carbocycles. The van der Waals surface area contributed by atoms with Gasteiger partial charge in [0.25, 0.3) is 0 Å². The van der Waals surface area contributed by atoms with Crippen LogP contribution in [0.2, 0.25) is 0 Å². The number of aromatic nitrogens is 2. The lowest BCUT2D eigenvalue weighted by molar-refractivity contribution is 0.584. The first-order valence-electron chi connectivity index (χ1n) is 18.3. The second kappa shape index (κ2) is 11.2. The summed E-state index contributed by atoms with van der Waals surface area (Å²) in [5.74, 6) is -1.46. The monoisotopic (exact) mass is 725 g/mol. The smallest absolute Gasteiger partial charge is 0.160 e. The van der Waals surface area contributed by atoms with Gasteiger partial charge in [0.2, 0.25) is 0 Å². The summed E-state index contributed by atoms with van der Waals surface area (Å²) >= 11 is 0. The average molecular weight is 726 g/mol. The van der Waals surface area contributed by atoms with Crippen LogP contribution in [-0.2, 0) is 0 Å². The number of nitrogens with zero attached hydrogens (tertiary/aromatic N) is 3. The molecule has 56 heavy (non-hydrogen) atoms. The molecule has 12 rings (SSSR count). The molecular formula is C49H25F2N3O2. The number of benzene rings is 8. The highest BCUT2D eigenvalue weighted by Gasteiger charge is 2.26. The van der Waals surface area contributed by atoms with Crippen molar-refractivity contribution in [3.8, 4) is 28.6 Å². The van der Waals surface area contributed by atoms with Crippen molar-refractivity contribution < 1.29 is 17.6 Å². The van der Waals surface area contributed by atoms with E-state index < -0.39 is 11.6 Å². The van der Waals surface area contributed by atoms with E-state index in [2.05, 4.69) is 75.9 Å². The Balaban J connectivity index is 1.32. The third-order valence-corrected chi connectivity index (χ3v) is 11.2. The summed E-state index contributed by atoms with van der Waals surface area (Å²) in [7, 11) is 0. The molecule has 0 fully saturated rings. The fourth-order valence-corrected chi connectivity index (χ4v) is 8.94. The Morgan fingerprint density at radius 1 is 0.446 bits per heavy atom. The maximum absolute atomic E-state index is 14.9. The van der Waals surface area contributed by atoms with Crippen molar-refractivity contribution >= 4 is 87.5 Å². The van der Waals surface area contributed by atoms with Crippen LogP contribution < -0.4 is 0 Å². The molecule has 0 N–H and O–H groups in total. The molecule has 262 valence electrons. The van der Waals surface area contributed by atoms with E-state index in [9.17, 15) is 14.0 Å². The largest absolute Gasteiger partial charge is 0.454 e. The quantitative estimate of drug-likeness (QED) is 0.182. The highest BCUT2D eigenvalue weighted by Crippen LogP contribution is 2.46. The van der Waals surface area contributed by atoms with Gasteiger partial charge >= 0.3 is 0 Å². The van der Waals surface area contributed by atoms with E-state index in [1.807, 2.05) is 72.8 Å². The maximum atomic E-state index is 14.9. The van der Waals surface area contributed by atoms with Crippen molar-refractivity contribution in [3.05, 3.63) is 169 Å². The summed E-state index contributed by atoms with van der Waals surface area (Å²) in [5.41, 5.74) is 8.67. The van der Waals surface area contributed by atoms with Gasteiger partial charge in [-0.25, -0.2) is 8.78 Å². The maximum Gasteiger partial charge on any atom is 0.160 e. The summed E-state index contributed by atoms with van der Waals surface area (Å²) in [6, 6.07) is 50.3. The molecule has 0 saturated heterocycles. The molecule has 0 unspecified atom stereocenters. The molecule has 7 heteroatoms. The molecule has 0 amide bonds. The Morgan fingerprint density at radius 2 is 0.893 bits per heavy atom. The molecule has 4 heterocycles. The van der Waals surface area contributed by atoms with Crippen molar-refractivity contribution in [3.63, 3.8) is 0 Å². The zero-order chi connectivity index (χ0) is 37.2. The van der Waals surface area contributed by atoms with Gasteiger partial charge in [0.1, 0.15) is 22.8 Å². The topological polar surface area (TPSA) is 59.9 Å².